The fraction of sp³-hybridized carbons (Fsp3) is 0.0667. The maximum Gasteiger partial charge on any atom is 0.255 e. The summed E-state index contributed by atoms with van der Waals surface area (Å²) in [7, 11) is -7.91. The number of rotatable bonds is 5. The smallest absolute Gasteiger partial charge is 0.255 e. The Labute approximate surface area is 135 Å². The molecule has 6 nitrogen and oxygen atoms in total. The molecule has 0 unspecified atom stereocenters. The zero-order chi connectivity index (χ0) is 17.1. The minimum Gasteiger partial charge on any atom is -0.279 e. The highest BCUT2D eigenvalue weighted by Crippen LogP contribution is 2.21. The molecule has 0 aliphatic carbocycles. The minimum absolute atomic E-state index is 0.0939. The van der Waals surface area contributed by atoms with Crippen LogP contribution in [0, 0.1) is 6.92 Å². The first kappa shape index (κ1) is 17.2. The van der Waals surface area contributed by atoms with Gasteiger partial charge >= 0.3 is 0 Å². The molecule has 0 heterocycles. The lowest BCUT2D eigenvalue weighted by molar-refractivity contribution is 0.598. The lowest BCUT2D eigenvalue weighted by atomic mass is 10.2. The third-order valence-corrected chi connectivity index (χ3v) is 4.93. The molecule has 0 bridgehead atoms. The molecule has 0 saturated heterocycles. The van der Waals surface area contributed by atoms with Crippen molar-refractivity contribution in [3.8, 4) is 0 Å². The molecular formula is C15H16N2O4S2. The number of nitrogens with one attached hydrogen (secondary N) is 1. The molecule has 23 heavy (non-hydrogen) atoms. The van der Waals surface area contributed by atoms with Crippen molar-refractivity contribution in [2.45, 2.75) is 11.8 Å². The lowest BCUT2D eigenvalue weighted by Gasteiger charge is -2.08. The van der Waals surface area contributed by atoms with E-state index in [-0.39, 0.29) is 10.6 Å². The van der Waals surface area contributed by atoms with E-state index in [1.807, 2.05) is 19.1 Å². The fourth-order valence-corrected chi connectivity index (χ4v) is 3.48. The number of sulfonamides is 2. The number of aryl methyl sites for hydroxylation is 1. The fourth-order valence-electron chi connectivity index (χ4n) is 1.83. The van der Waals surface area contributed by atoms with Crippen LogP contribution in [0.3, 0.4) is 0 Å². The molecule has 0 aromatic heterocycles. The monoisotopic (exact) mass is 352 g/mol. The number of anilines is 1. The average Bonchev–Trinajstić information content (AvgIpc) is 2.46. The van der Waals surface area contributed by atoms with Gasteiger partial charge in [0.1, 0.15) is 4.90 Å². The molecule has 2 rings (SSSR count). The third-order valence-electron chi connectivity index (χ3n) is 2.96. The Morgan fingerprint density at radius 2 is 1.57 bits per heavy atom. The second kappa shape index (κ2) is 6.53. The van der Waals surface area contributed by atoms with Crippen molar-refractivity contribution >= 4 is 31.8 Å². The van der Waals surface area contributed by atoms with E-state index in [0.29, 0.717) is 5.56 Å². The highest BCUT2D eigenvalue weighted by molar-refractivity contribution is 7.95. The van der Waals surface area contributed by atoms with E-state index in [9.17, 15) is 16.8 Å². The molecule has 0 spiro atoms. The van der Waals surface area contributed by atoms with Crippen LogP contribution in [0.2, 0.25) is 0 Å². The Morgan fingerprint density at radius 3 is 2.17 bits per heavy atom. The molecular weight excluding hydrogens is 336 g/mol. The van der Waals surface area contributed by atoms with Crippen LogP contribution in [0.1, 0.15) is 11.1 Å². The molecule has 3 N–H and O–H groups in total. The number of para-hydroxylation sites is 1. The number of benzene rings is 2. The summed E-state index contributed by atoms with van der Waals surface area (Å²) in [6.45, 7) is 1.93. The van der Waals surface area contributed by atoms with Crippen LogP contribution in [-0.2, 0) is 20.0 Å². The molecule has 0 amide bonds. The van der Waals surface area contributed by atoms with Crippen LogP contribution in [-0.4, -0.2) is 16.8 Å². The summed E-state index contributed by atoms with van der Waals surface area (Å²) in [5, 5.41) is 6.04. The summed E-state index contributed by atoms with van der Waals surface area (Å²) in [5.41, 5.74) is 1.68. The average molecular weight is 352 g/mol. The van der Waals surface area contributed by atoms with Gasteiger partial charge in [0.25, 0.3) is 10.0 Å². The van der Waals surface area contributed by atoms with Crippen molar-refractivity contribution in [1.29, 1.82) is 0 Å². The quantitative estimate of drug-likeness (QED) is 0.859. The van der Waals surface area contributed by atoms with Crippen molar-refractivity contribution in [1.82, 2.24) is 0 Å². The molecule has 0 fully saturated rings. The maximum atomic E-state index is 12.1. The predicted octanol–water partition coefficient (Wildman–Crippen LogP) is 2.06. The molecule has 0 radical (unpaired) electrons. The standard InChI is InChI=1S/C15H16N2O4S2/c1-12-6-8-13(9-7-12)10-11-22(18,19)17-14-4-2-3-5-15(14)23(16,20)21/h2-11,17H,1H3,(H2,16,20,21)/b11-10+. The SMILES string of the molecule is Cc1ccc(/C=C/S(=O)(=O)Nc2ccccc2S(N)(=O)=O)cc1. The topological polar surface area (TPSA) is 106 Å². The van der Waals surface area contributed by atoms with E-state index in [2.05, 4.69) is 4.72 Å². The van der Waals surface area contributed by atoms with Gasteiger partial charge < -0.3 is 0 Å². The maximum absolute atomic E-state index is 12.1. The molecule has 0 aliphatic rings. The first-order valence-electron chi connectivity index (χ1n) is 6.57. The van der Waals surface area contributed by atoms with Gasteiger partial charge in [-0.05, 0) is 30.7 Å². The van der Waals surface area contributed by atoms with Crippen LogP contribution < -0.4 is 9.86 Å². The highest BCUT2D eigenvalue weighted by Gasteiger charge is 2.16. The van der Waals surface area contributed by atoms with Gasteiger partial charge in [0.2, 0.25) is 10.0 Å². The summed E-state index contributed by atoms with van der Waals surface area (Å²) in [4.78, 5) is -0.285. The summed E-state index contributed by atoms with van der Waals surface area (Å²) >= 11 is 0. The van der Waals surface area contributed by atoms with E-state index in [0.717, 1.165) is 11.0 Å². The van der Waals surface area contributed by atoms with Gasteiger partial charge in [0.15, 0.2) is 0 Å². The van der Waals surface area contributed by atoms with Crippen molar-refractivity contribution < 1.29 is 16.8 Å². The summed E-state index contributed by atoms with van der Waals surface area (Å²) in [6.07, 6.45) is 1.42. The second-order valence-electron chi connectivity index (χ2n) is 4.90. The van der Waals surface area contributed by atoms with E-state index in [1.165, 1.54) is 30.3 Å². The van der Waals surface area contributed by atoms with Crippen LogP contribution in [0.5, 0.6) is 0 Å². The Balaban J connectivity index is 2.27. The Kier molecular flexibility index (Phi) is 4.88. The van der Waals surface area contributed by atoms with Crippen LogP contribution >= 0.6 is 0 Å². The van der Waals surface area contributed by atoms with Crippen LogP contribution in [0.4, 0.5) is 5.69 Å². The zero-order valence-electron chi connectivity index (χ0n) is 12.3. The second-order valence-corrected chi connectivity index (χ2v) is 8.00. The van der Waals surface area contributed by atoms with E-state index >= 15 is 0 Å². The highest BCUT2D eigenvalue weighted by atomic mass is 32.2. The number of primary sulfonamides is 1. The van der Waals surface area contributed by atoms with E-state index in [1.54, 1.807) is 12.1 Å². The van der Waals surface area contributed by atoms with Gasteiger partial charge in [-0.15, -0.1) is 0 Å². The van der Waals surface area contributed by atoms with Gasteiger partial charge in [-0.2, -0.15) is 0 Å². The number of hydrogen-bond acceptors (Lipinski definition) is 4. The normalized spacial score (nSPS) is 12.4. The van der Waals surface area contributed by atoms with E-state index in [4.69, 9.17) is 5.14 Å². The summed E-state index contributed by atoms with van der Waals surface area (Å²) in [6, 6.07) is 12.8. The van der Waals surface area contributed by atoms with E-state index < -0.39 is 20.0 Å². The molecule has 2 aromatic carbocycles. The van der Waals surface area contributed by atoms with Gasteiger partial charge in [-0.1, -0.05) is 42.0 Å². The molecule has 0 atom stereocenters. The summed E-state index contributed by atoms with van der Waals surface area (Å²) in [5.74, 6) is 0. The Hall–Kier alpha value is -2.16. The van der Waals surface area contributed by atoms with Gasteiger partial charge in [0, 0.05) is 0 Å². The van der Waals surface area contributed by atoms with Crippen molar-refractivity contribution in [2.24, 2.45) is 5.14 Å². The molecule has 0 aliphatic heterocycles. The van der Waals surface area contributed by atoms with Gasteiger partial charge in [0.05, 0.1) is 11.1 Å². The van der Waals surface area contributed by atoms with Crippen LogP contribution in [0.25, 0.3) is 6.08 Å². The molecule has 2 aromatic rings. The Bertz CT molecular complexity index is 932. The summed E-state index contributed by atoms with van der Waals surface area (Å²) < 4.78 is 49.3. The van der Waals surface area contributed by atoms with Crippen molar-refractivity contribution in [3.63, 3.8) is 0 Å². The van der Waals surface area contributed by atoms with Gasteiger partial charge in [-0.3, -0.25) is 4.72 Å². The van der Waals surface area contributed by atoms with Crippen molar-refractivity contribution in [2.75, 3.05) is 4.72 Å². The predicted molar refractivity (Wildman–Crippen MR) is 90.6 cm³/mol. The largest absolute Gasteiger partial charge is 0.279 e. The van der Waals surface area contributed by atoms with Crippen LogP contribution in [0.15, 0.2) is 58.8 Å². The number of hydrogen-bond donors (Lipinski definition) is 2. The zero-order valence-corrected chi connectivity index (χ0v) is 13.9. The Morgan fingerprint density at radius 1 is 0.957 bits per heavy atom. The van der Waals surface area contributed by atoms with Crippen molar-refractivity contribution in [3.05, 3.63) is 65.1 Å². The number of nitrogens with two attached hydrogens (primary N) is 1. The van der Waals surface area contributed by atoms with Gasteiger partial charge in [-0.25, -0.2) is 22.0 Å². The molecule has 8 heteroatoms. The molecule has 0 saturated carbocycles. The third kappa shape index (κ3) is 4.92. The minimum atomic E-state index is -4.03. The lowest BCUT2D eigenvalue weighted by Crippen LogP contribution is -2.17. The first-order valence-corrected chi connectivity index (χ1v) is 9.66. The first-order chi connectivity index (χ1) is 10.7. The molecule has 122 valence electrons.